The first kappa shape index (κ1) is 14.1. The lowest BCUT2D eigenvalue weighted by molar-refractivity contribution is -0.119. The summed E-state index contributed by atoms with van der Waals surface area (Å²) in [4.78, 5) is 11.2. The zero-order valence-corrected chi connectivity index (χ0v) is 11.4. The summed E-state index contributed by atoms with van der Waals surface area (Å²) in [5.74, 6) is -1.00. The van der Waals surface area contributed by atoms with Crippen molar-refractivity contribution in [2.75, 3.05) is 6.26 Å². The number of halogens is 2. The molecule has 1 aromatic rings. The third kappa shape index (κ3) is 5.27. The summed E-state index contributed by atoms with van der Waals surface area (Å²) < 4.78 is 37.0. The molecule has 1 rings (SSSR count). The van der Waals surface area contributed by atoms with Crippen molar-refractivity contribution in [1.29, 1.82) is 0 Å². The minimum atomic E-state index is -3.53. The third-order valence-electron chi connectivity index (χ3n) is 1.93. The lowest BCUT2D eigenvalue weighted by atomic mass is 10.1. The van der Waals surface area contributed by atoms with Crippen LogP contribution in [0.5, 0.6) is 0 Å². The molecule has 94 valence electrons. The summed E-state index contributed by atoms with van der Waals surface area (Å²) in [5.41, 5.74) is 0.619. The van der Waals surface area contributed by atoms with Crippen LogP contribution in [-0.4, -0.2) is 20.6 Å². The standard InChI is InChI=1S/C10H11BrFNO3S/c1-17(15,16)13-10(14)5-2-7-6-8(12)3-4-9(7)11/h3-4,6H,2,5H2,1H3,(H,13,14). The first-order chi connectivity index (χ1) is 7.78. The van der Waals surface area contributed by atoms with Crippen LogP contribution in [-0.2, 0) is 21.2 Å². The number of aryl methyl sites for hydroxylation is 1. The van der Waals surface area contributed by atoms with Crippen LogP contribution >= 0.6 is 15.9 Å². The Kier molecular flexibility index (Phi) is 4.64. The summed E-state index contributed by atoms with van der Waals surface area (Å²) >= 11 is 3.23. The zero-order valence-electron chi connectivity index (χ0n) is 9.04. The van der Waals surface area contributed by atoms with Gasteiger partial charge in [-0.15, -0.1) is 0 Å². The summed E-state index contributed by atoms with van der Waals surface area (Å²) in [6.45, 7) is 0. The van der Waals surface area contributed by atoms with Crippen LogP contribution in [0.1, 0.15) is 12.0 Å². The van der Waals surface area contributed by atoms with Gasteiger partial charge in [-0.2, -0.15) is 0 Å². The maximum absolute atomic E-state index is 12.9. The highest BCUT2D eigenvalue weighted by Gasteiger charge is 2.10. The molecule has 4 nitrogen and oxygen atoms in total. The van der Waals surface area contributed by atoms with E-state index in [4.69, 9.17) is 0 Å². The fraction of sp³-hybridized carbons (Fsp3) is 0.300. The molecule has 0 atom stereocenters. The molecule has 0 aliphatic carbocycles. The summed E-state index contributed by atoms with van der Waals surface area (Å²) in [6.07, 6.45) is 1.15. The van der Waals surface area contributed by atoms with Crippen molar-refractivity contribution in [3.05, 3.63) is 34.1 Å². The van der Waals surface area contributed by atoms with Gasteiger partial charge >= 0.3 is 0 Å². The van der Waals surface area contributed by atoms with Crippen LogP contribution in [0.4, 0.5) is 4.39 Å². The number of carbonyl (C=O) groups is 1. The Balaban J connectivity index is 2.62. The molecule has 0 aromatic heterocycles. The highest BCUT2D eigenvalue weighted by atomic mass is 79.9. The van der Waals surface area contributed by atoms with Gasteiger partial charge in [-0.05, 0) is 30.2 Å². The van der Waals surface area contributed by atoms with E-state index in [2.05, 4.69) is 15.9 Å². The quantitative estimate of drug-likeness (QED) is 0.915. The molecule has 0 fully saturated rings. The van der Waals surface area contributed by atoms with Crippen molar-refractivity contribution < 1.29 is 17.6 Å². The summed E-state index contributed by atoms with van der Waals surface area (Å²) in [5, 5.41) is 0. The average molecular weight is 324 g/mol. The van der Waals surface area contributed by atoms with Gasteiger partial charge in [-0.3, -0.25) is 9.52 Å². The van der Waals surface area contributed by atoms with E-state index in [1.807, 2.05) is 4.72 Å². The van der Waals surface area contributed by atoms with E-state index >= 15 is 0 Å². The molecule has 1 amide bonds. The van der Waals surface area contributed by atoms with Crippen molar-refractivity contribution in [2.45, 2.75) is 12.8 Å². The Morgan fingerprint density at radius 1 is 1.47 bits per heavy atom. The van der Waals surface area contributed by atoms with E-state index in [0.717, 1.165) is 6.26 Å². The van der Waals surface area contributed by atoms with Crippen LogP contribution in [0.25, 0.3) is 0 Å². The summed E-state index contributed by atoms with van der Waals surface area (Å²) in [7, 11) is -3.53. The van der Waals surface area contributed by atoms with Crippen LogP contribution in [0.15, 0.2) is 22.7 Å². The topological polar surface area (TPSA) is 63.2 Å². The number of nitrogens with one attached hydrogen (secondary N) is 1. The Hall–Kier alpha value is -0.950. The van der Waals surface area contributed by atoms with Gasteiger partial charge in [-0.1, -0.05) is 15.9 Å². The van der Waals surface area contributed by atoms with E-state index in [1.165, 1.54) is 12.1 Å². The van der Waals surface area contributed by atoms with Crippen LogP contribution in [0, 0.1) is 5.82 Å². The molecule has 1 aromatic carbocycles. The molecule has 0 unspecified atom stereocenters. The molecule has 0 saturated heterocycles. The Labute approximate surface area is 107 Å². The molecule has 17 heavy (non-hydrogen) atoms. The van der Waals surface area contributed by atoms with Crippen molar-refractivity contribution in [3.63, 3.8) is 0 Å². The second kappa shape index (κ2) is 5.59. The molecular formula is C10H11BrFNO3S. The minimum absolute atomic E-state index is 0.0187. The molecule has 0 saturated carbocycles. The first-order valence-corrected chi connectivity index (χ1v) is 7.41. The fourth-order valence-corrected chi connectivity index (χ4v) is 2.20. The van der Waals surface area contributed by atoms with Crippen LogP contribution in [0.3, 0.4) is 0 Å². The van der Waals surface area contributed by atoms with E-state index in [0.29, 0.717) is 10.0 Å². The first-order valence-electron chi connectivity index (χ1n) is 4.72. The van der Waals surface area contributed by atoms with Gasteiger partial charge < -0.3 is 0 Å². The molecule has 0 spiro atoms. The van der Waals surface area contributed by atoms with Gasteiger partial charge in [0, 0.05) is 10.9 Å². The second-order valence-electron chi connectivity index (χ2n) is 3.53. The predicted molar refractivity (Wildman–Crippen MR) is 65.4 cm³/mol. The maximum atomic E-state index is 12.9. The van der Waals surface area contributed by atoms with E-state index in [-0.39, 0.29) is 12.8 Å². The molecule has 0 aliphatic heterocycles. The Morgan fingerprint density at radius 2 is 2.12 bits per heavy atom. The SMILES string of the molecule is CS(=O)(=O)NC(=O)CCc1cc(F)ccc1Br. The minimum Gasteiger partial charge on any atom is -0.274 e. The smallest absolute Gasteiger partial charge is 0.233 e. The molecule has 0 bridgehead atoms. The molecular weight excluding hydrogens is 313 g/mol. The Morgan fingerprint density at radius 3 is 2.71 bits per heavy atom. The van der Waals surface area contributed by atoms with Gasteiger partial charge in [-0.25, -0.2) is 12.8 Å². The maximum Gasteiger partial charge on any atom is 0.233 e. The van der Waals surface area contributed by atoms with E-state index in [9.17, 15) is 17.6 Å². The van der Waals surface area contributed by atoms with Gasteiger partial charge in [0.05, 0.1) is 6.26 Å². The summed E-state index contributed by atoms with van der Waals surface area (Å²) in [6, 6.07) is 4.14. The predicted octanol–water partition coefficient (Wildman–Crippen LogP) is 1.60. The fourth-order valence-electron chi connectivity index (χ4n) is 1.24. The number of carbonyl (C=O) groups excluding carboxylic acids is 1. The van der Waals surface area contributed by atoms with Crippen molar-refractivity contribution in [3.8, 4) is 0 Å². The van der Waals surface area contributed by atoms with Gasteiger partial charge in [0.15, 0.2) is 0 Å². The van der Waals surface area contributed by atoms with Crippen molar-refractivity contribution >= 4 is 31.9 Å². The zero-order chi connectivity index (χ0) is 13.1. The second-order valence-corrected chi connectivity index (χ2v) is 6.14. The van der Waals surface area contributed by atoms with Crippen molar-refractivity contribution in [1.82, 2.24) is 4.72 Å². The number of hydrogen-bond donors (Lipinski definition) is 1. The molecule has 1 N–H and O–H groups in total. The highest BCUT2D eigenvalue weighted by molar-refractivity contribution is 9.10. The normalized spacial score (nSPS) is 11.2. The number of sulfonamides is 1. The van der Waals surface area contributed by atoms with Crippen LogP contribution < -0.4 is 4.72 Å². The molecule has 7 heteroatoms. The van der Waals surface area contributed by atoms with E-state index < -0.39 is 21.7 Å². The number of benzene rings is 1. The molecule has 0 radical (unpaired) electrons. The monoisotopic (exact) mass is 323 g/mol. The number of rotatable bonds is 4. The highest BCUT2D eigenvalue weighted by Crippen LogP contribution is 2.19. The lowest BCUT2D eigenvalue weighted by Gasteiger charge is -2.05. The number of amides is 1. The van der Waals surface area contributed by atoms with Gasteiger partial charge in [0.25, 0.3) is 0 Å². The van der Waals surface area contributed by atoms with Gasteiger partial charge in [0.1, 0.15) is 5.82 Å². The van der Waals surface area contributed by atoms with Crippen molar-refractivity contribution in [2.24, 2.45) is 0 Å². The molecule has 0 aliphatic rings. The lowest BCUT2D eigenvalue weighted by Crippen LogP contribution is -2.29. The Bertz CT molecular complexity index is 530. The number of hydrogen-bond acceptors (Lipinski definition) is 3. The average Bonchev–Trinajstić information content (AvgIpc) is 2.17. The van der Waals surface area contributed by atoms with Gasteiger partial charge in [0.2, 0.25) is 15.9 Å². The third-order valence-corrected chi connectivity index (χ3v) is 3.30. The van der Waals surface area contributed by atoms with Crippen LogP contribution in [0.2, 0.25) is 0 Å². The molecule has 0 heterocycles. The van der Waals surface area contributed by atoms with E-state index in [1.54, 1.807) is 6.07 Å². The largest absolute Gasteiger partial charge is 0.274 e.